The van der Waals surface area contributed by atoms with Gasteiger partial charge in [-0.3, -0.25) is 4.79 Å². The molecule has 0 fully saturated rings. The maximum Gasteiger partial charge on any atom is 0.266 e. The van der Waals surface area contributed by atoms with Gasteiger partial charge in [-0.2, -0.15) is 5.26 Å². The van der Waals surface area contributed by atoms with Crippen LogP contribution in [-0.2, 0) is 4.79 Å². The van der Waals surface area contributed by atoms with Crippen molar-refractivity contribution in [1.29, 1.82) is 5.26 Å². The van der Waals surface area contributed by atoms with Gasteiger partial charge in [-0.15, -0.1) is 0 Å². The summed E-state index contributed by atoms with van der Waals surface area (Å²) < 4.78 is 10.3. The van der Waals surface area contributed by atoms with E-state index in [1.54, 1.807) is 42.5 Å². The van der Waals surface area contributed by atoms with Gasteiger partial charge in [0.15, 0.2) is 0 Å². The van der Waals surface area contributed by atoms with E-state index < -0.39 is 5.91 Å². The second kappa shape index (κ2) is 8.04. The minimum atomic E-state index is -0.543. The molecule has 0 spiro atoms. The van der Waals surface area contributed by atoms with Gasteiger partial charge in [-0.05, 0) is 35.9 Å². The zero-order valence-corrected chi connectivity index (χ0v) is 13.9. The van der Waals surface area contributed by atoms with E-state index in [-0.39, 0.29) is 5.57 Å². The monoisotopic (exact) mass is 342 g/mol. The number of carbonyl (C=O) groups is 1. The average molecular weight is 343 g/mol. The van der Waals surface area contributed by atoms with Crippen molar-refractivity contribution < 1.29 is 14.3 Å². The number of nitrogens with one attached hydrogen (secondary N) is 1. The molecule has 0 aliphatic rings. The number of carbonyl (C=O) groups excluding carboxylic acids is 1. The summed E-state index contributed by atoms with van der Waals surface area (Å²) in [6.07, 6.45) is 1.48. The first-order valence-electron chi connectivity index (χ1n) is 6.98. The van der Waals surface area contributed by atoms with Gasteiger partial charge in [-0.25, -0.2) is 0 Å². The molecule has 24 heavy (non-hydrogen) atoms. The summed E-state index contributed by atoms with van der Waals surface area (Å²) in [5.74, 6) is 0.484. The van der Waals surface area contributed by atoms with Crippen LogP contribution < -0.4 is 14.8 Å². The fourth-order valence-electron chi connectivity index (χ4n) is 1.98. The third kappa shape index (κ3) is 4.28. The van der Waals surface area contributed by atoms with Crippen LogP contribution in [0.5, 0.6) is 11.5 Å². The Hall–Kier alpha value is -2.97. The molecule has 0 atom stereocenters. The number of benzene rings is 2. The molecular formula is C18H15ClN2O3. The number of ether oxygens (including phenoxy) is 2. The molecular weight excluding hydrogens is 328 g/mol. The van der Waals surface area contributed by atoms with Crippen LogP contribution >= 0.6 is 11.6 Å². The van der Waals surface area contributed by atoms with E-state index >= 15 is 0 Å². The Morgan fingerprint density at radius 1 is 1.17 bits per heavy atom. The highest BCUT2D eigenvalue weighted by Gasteiger charge is 2.13. The first kappa shape index (κ1) is 17.4. The summed E-state index contributed by atoms with van der Waals surface area (Å²) in [5, 5.41) is 12.5. The standard InChI is InChI=1S/C18H15ClN2O3/c1-23-15-7-8-17(24-2)16(10-15)21-18(22)13(11-20)9-12-3-5-14(19)6-4-12/h3-10H,1-2H3,(H,21,22). The van der Waals surface area contributed by atoms with E-state index in [0.717, 1.165) is 0 Å². The van der Waals surface area contributed by atoms with E-state index in [2.05, 4.69) is 5.32 Å². The van der Waals surface area contributed by atoms with Crippen molar-refractivity contribution in [3.05, 3.63) is 58.6 Å². The Labute approximate surface area is 145 Å². The summed E-state index contributed by atoms with van der Waals surface area (Å²) in [5.41, 5.74) is 1.07. The third-order valence-corrected chi connectivity index (χ3v) is 3.45. The SMILES string of the molecule is COc1ccc(OC)c(NC(=O)C(C#N)=Cc2ccc(Cl)cc2)c1. The number of halogens is 1. The van der Waals surface area contributed by atoms with Gasteiger partial charge in [0.2, 0.25) is 0 Å². The highest BCUT2D eigenvalue weighted by molar-refractivity contribution is 6.30. The van der Waals surface area contributed by atoms with Crippen LogP contribution in [0, 0.1) is 11.3 Å². The van der Waals surface area contributed by atoms with Crippen LogP contribution in [0.15, 0.2) is 48.0 Å². The lowest BCUT2D eigenvalue weighted by Gasteiger charge is -2.11. The lowest BCUT2D eigenvalue weighted by atomic mass is 10.1. The van der Waals surface area contributed by atoms with Crippen LogP contribution in [0.4, 0.5) is 5.69 Å². The minimum absolute atomic E-state index is 0.0396. The highest BCUT2D eigenvalue weighted by Crippen LogP contribution is 2.29. The smallest absolute Gasteiger partial charge is 0.266 e. The topological polar surface area (TPSA) is 71.3 Å². The first-order chi connectivity index (χ1) is 11.6. The summed E-state index contributed by atoms with van der Waals surface area (Å²) >= 11 is 5.82. The van der Waals surface area contributed by atoms with Crippen molar-refractivity contribution >= 4 is 29.3 Å². The van der Waals surface area contributed by atoms with E-state index in [1.807, 2.05) is 6.07 Å². The molecule has 0 aromatic heterocycles. The molecule has 1 amide bonds. The van der Waals surface area contributed by atoms with Gasteiger partial charge in [0, 0.05) is 11.1 Å². The van der Waals surface area contributed by atoms with Crippen LogP contribution in [0.2, 0.25) is 5.02 Å². The van der Waals surface area contributed by atoms with E-state index in [1.165, 1.54) is 20.3 Å². The summed E-state index contributed by atoms with van der Waals surface area (Å²) in [4.78, 5) is 12.4. The largest absolute Gasteiger partial charge is 0.497 e. The van der Waals surface area contributed by atoms with Crippen molar-refractivity contribution in [1.82, 2.24) is 0 Å². The lowest BCUT2D eigenvalue weighted by molar-refractivity contribution is -0.112. The zero-order chi connectivity index (χ0) is 17.5. The fourth-order valence-corrected chi connectivity index (χ4v) is 2.10. The summed E-state index contributed by atoms with van der Waals surface area (Å²) in [6, 6.07) is 13.7. The molecule has 122 valence electrons. The molecule has 2 aromatic carbocycles. The summed E-state index contributed by atoms with van der Waals surface area (Å²) in [6.45, 7) is 0. The van der Waals surface area contributed by atoms with Gasteiger partial charge in [-0.1, -0.05) is 23.7 Å². The maximum absolute atomic E-state index is 12.4. The number of nitriles is 1. The van der Waals surface area contributed by atoms with Gasteiger partial charge < -0.3 is 14.8 Å². The van der Waals surface area contributed by atoms with Crippen LogP contribution in [0.3, 0.4) is 0 Å². The molecule has 0 aliphatic heterocycles. The predicted octanol–water partition coefficient (Wildman–Crippen LogP) is 3.90. The summed E-state index contributed by atoms with van der Waals surface area (Å²) in [7, 11) is 3.01. The molecule has 0 heterocycles. The molecule has 0 aliphatic carbocycles. The molecule has 0 bridgehead atoms. The number of amides is 1. The Kier molecular flexibility index (Phi) is 5.83. The van der Waals surface area contributed by atoms with Gasteiger partial charge in [0.1, 0.15) is 23.1 Å². The molecule has 2 aromatic rings. The molecule has 6 heteroatoms. The molecule has 0 saturated carbocycles. The number of methoxy groups -OCH3 is 2. The Morgan fingerprint density at radius 3 is 2.46 bits per heavy atom. The molecule has 5 nitrogen and oxygen atoms in total. The molecule has 0 unspecified atom stereocenters. The quantitative estimate of drug-likeness (QED) is 0.660. The third-order valence-electron chi connectivity index (χ3n) is 3.20. The zero-order valence-electron chi connectivity index (χ0n) is 13.2. The first-order valence-corrected chi connectivity index (χ1v) is 7.36. The average Bonchev–Trinajstić information content (AvgIpc) is 2.61. The second-order valence-electron chi connectivity index (χ2n) is 4.74. The van der Waals surface area contributed by atoms with Crippen LogP contribution in [-0.4, -0.2) is 20.1 Å². The lowest BCUT2D eigenvalue weighted by Crippen LogP contribution is -2.14. The van der Waals surface area contributed by atoms with Crippen molar-refractivity contribution in [2.75, 3.05) is 19.5 Å². The maximum atomic E-state index is 12.4. The number of rotatable bonds is 5. The molecule has 0 radical (unpaired) electrons. The molecule has 0 saturated heterocycles. The van der Waals surface area contributed by atoms with E-state index in [9.17, 15) is 10.1 Å². The van der Waals surface area contributed by atoms with Crippen molar-refractivity contribution in [2.45, 2.75) is 0 Å². The number of hydrogen-bond donors (Lipinski definition) is 1. The Morgan fingerprint density at radius 2 is 1.88 bits per heavy atom. The van der Waals surface area contributed by atoms with Gasteiger partial charge in [0.05, 0.1) is 19.9 Å². The molecule has 1 N–H and O–H groups in total. The van der Waals surface area contributed by atoms with Crippen LogP contribution in [0.1, 0.15) is 5.56 Å². The highest BCUT2D eigenvalue weighted by atomic mass is 35.5. The Bertz CT molecular complexity index is 808. The second-order valence-corrected chi connectivity index (χ2v) is 5.18. The van der Waals surface area contributed by atoms with E-state index in [0.29, 0.717) is 27.8 Å². The van der Waals surface area contributed by atoms with Gasteiger partial charge >= 0.3 is 0 Å². The number of hydrogen-bond acceptors (Lipinski definition) is 4. The van der Waals surface area contributed by atoms with Crippen molar-refractivity contribution in [2.24, 2.45) is 0 Å². The van der Waals surface area contributed by atoms with E-state index in [4.69, 9.17) is 21.1 Å². The fraction of sp³-hybridized carbons (Fsp3) is 0.111. The number of nitrogens with zero attached hydrogens (tertiary/aromatic N) is 1. The van der Waals surface area contributed by atoms with Crippen molar-refractivity contribution in [3.8, 4) is 17.6 Å². The molecule has 2 rings (SSSR count). The predicted molar refractivity (Wildman–Crippen MR) is 93.2 cm³/mol. The Balaban J connectivity index is 2.27. The number of anilines is 1. The van der Waals surface area contributed by atoms with Crippen LogP contribution in [0.25, 0.3) is 6.08 Å². The van der Waals surface area contributed by atoms with Crippen molar-refractivity contribution in [3.63, 3.8) is 0 Å². The minimum Gasteiger partial charge on any atom is -0.497 e. The normalized spacial score (nSPS) is 10.7. The van der Waals surface area contributed by atoms with Gasteiger partial charge in [0.25, 0.3) is 5.91 Å².